The lowest BCUT2D eigenvalue weighted by molar-refractivity contribution is -0.116. The summed E-state index contributed by atoms with van der Waals surface area (Å²) >= 11 is 6.43. The Labute approximate surface area is 195 Å². The minimum absolute atomic E-state index is 0.00212. The fourth-order valence-electron chi connectivity index (χ4n) is 4.25. The van der Waals surface area contributed by atoms with Gasteiger partial charge in [-0.1, -0.05) is 29.8 Å². The van der Waals surface area contributed by atoms with Gasteiger partial charge in [-0.2, -0.15) is 9.78 Å². The van der Waals surface area contributed by atoms with Crippen molar-refractivity contribution in [2.24, 2.45) is 0 Å². The van der Waals surface area contributed by atoms with Gasteiger partial charge in [0, 0.05) is 43.9 Å². The molecule has 9 heteroatoms. The van der Waals surface area contributed by atoms with Crippen molar-refractivity contribution in [2.75, 3.05) is 36.4 Å². The maximum absolute atomic E-state index is 13.0. The van der Waals surface area contributed by atoms with Crippen molar-refractivity contribution in [3.05, 3.63) is 81.2 Å². The smallest absolute Gasteiger partial charge is 0.292 e. The second-order valence-electron chi connectivity index (χ2n) is 8.10. The minimum atomic E-state index is -0.375. The van der Waals surface area contributed by atoms with Crippen LogP contribution < -0.4 is 15.8 Å². The number of piperazine rings is 1. The molecule has 0 radical (unpaired) electrons. The molecule has 3 aromatic rings. The summed E-state index contributed by atoms with van der Waals surface area (Å²) in [6.45, 7) is 2.10. The summed E-state index contributed by atoms with van der Waals surface area (Å²) in [5, 5.41) is 7.25. The van der Waals surface area contributed by atoms with Crippen LogP contribution in [-0.4, -0.2) is 52.7 Å². The van der Waals surface area contributed by atoms with E-state index in [9.17, 15) is 14.4 Å². The van der Waals surface area contributed by atoms with Crippen LogP contribution in [0.3, 0.4) is 0 Å². The fourth-order valence-corrected chi connectivity index (χ4v) is 4.50. The van der Waals surface area contributed by atoms with Gasteiger partial charge in [0.15, 0.2) is 0 Å². The summed E-state index contributed by atoms with van der Waals surface area (Å²) in [7, 11) is 0. The summed E-state index contributed by atoms with van der Waals surface area (Å²) in [6, 6.07) is 14.5. The number of benzene rings is 2. The first-order valence-corrected chi connectivity index (χ1v) is 11.2. The van der Waals surface area contributed by atoms with Crippen LogP contribution in [0.4, 0.5) is 11.4 Å². The molecule has 2 aliphatic heterocycles. The molecular weight excluding hydrogens is 442 g/mol. The maximum atomic E-state index is 13.0. The standard InChI is InChI=1S/C24H22ClN5O3/c25-22-20(15-26-30(24(22)33)18-4-2-1-3-5-18)28-10-12-29(13-11-28)23(32)17-6-8-19-16(14-17)7-9-21(31)27-19/h1-6,8,14-15H,7,9-13H2,(H,27,31). The van der Waals surface area contributed by atoms with E-state index >= 15 is 0 Å². The molecule has 1 aromatic heterocycles. The number of para-hydroxylation sites is 1. The second-order valence-corrected chi connectivity index (χ2v) is 8.47. The Balaban J connectivity index is 1.29. The van der Waals surface area contributed by atoms with Gasteiger partial charge in [-0.25, -0.2) is 0 Å². The Hall–Kier alpha value is -3.65. The van der Waals surface area contributed by atoms with E-state index in [2.05, 4.69) is 10.4 Å². The molecule has 8 nitrogen and oxygen atoms in total. The molecule has 0 spiro atoms. The Morgan fingerprint density at radius 2 is 1.73 bits per heavy atom. The van der Waals surface area contributed by atoms with Crippen molar-refractivity contribution >= 4 is 34.8 Å². The molecule has 1 saturated heterocycles. The van der Waals surface area contributed by atoms with Crippen LogP contribution >= 0.6 is 11.6 Å². The van der Waals surface area contributed by atoms with E-state index in [1.807, 2.05) is 29.2 Å². The molecule has 1 N–H and O–H groups in total. The van der Waals surface area contributed by atoms with Gasteiger partial charge < -0.3 is 15.1 Å². The van der Waals surface area contributed by atoms with E-state index in [1.54, 1.807) is 35.4 Å². The molecule has 0 saturated carbocycles. The number of fused-ring (bicyclic) bond motifs is 1. The molecule has 0 aliphatic carbocycles. The highest BCUT2D eigenvalue weighted by Gasteiger charge is 2.26. The quantitative estimate of drug-likeness (QED) is 0.645. The molecule has 0 bridgehead atoms. The number of carbonyl (C=O) groups excluding carboxylic acids is 2. The van der Waals surface area contributed by atoms with Gasteiger partial charge in [-0.3, -0.25) is 14.4 Å². The summed E-state index contributed by atoms with van der Waals surface area (Å²) in [4.78, 5) is 41.2. The molecule has 168 valence electrons. The number of halogens is 1. The summed E-state index contributed by atoms with van der Waals surface area (Å²) in [6.07, 6.45) is 2.67. The Kier molecular flexibility index (Phi) is 5.60. The molecule has 0 unspecified atom stereocenters. The van der Waals surface area contributed by atoms with Crippen LogP contribution in [0.1, 0.15) is 22.3 Å². The normalized spacial score (nSPS) is 15.7. The first-order chi connectivity index (χ1) is 16.0. The van der Waals surface area contributed by atoms with E-state index in [0.29, 0.717) is 56.0 Å². The number of aromatic nitrogens is 2. The van der Waals surface area contributed by atoms with Crippen LogP contribution in [0.15, 0.2) is 59.5 Å². The van der Waals surface area contributed by atoms with E-state index in [1.165, 1.54) is 4.68 Å². The van der Waals surface area contributed by atoms with E-state index < -0.39 is 0 Å². The number of nitrogens with zero attached hydrogens (tertiary/aromatic N) is 4. The van der Waals surface area contributed by atoms with Crippen molar-refractivity contribution in [3.8, 4) is 5.69 Å². The fraction of sp³-hybridized carbons (Fsp3) is 0.250. The zero-order valence-electron chi connectivity index (χ0n) is 17.8. The van der Waals surface area contributed by atoms with Gasteiger partial charge in [0.25, 0.3) is 11.5 Å². The molecule has 0 atom stereocenters. The third-order valence-corrected chi connectivity index (χ3v) is 6.41. The number of rotatable bonds is 3. The van der Waals surface area contributed by atoms with Crippen LogP contribution in [0.2, 0.25) is 5.02 Å². The van der Waals surface area contributed by atoms with Crippen molar-refractivity contribution in [3.63, 3.8) is 0 Å². The van der Waals surface area contributed by atoms with E-state index in [-0.39, 0.29) is 22.4 Å². The van der Waals surface area contributed by atoms with Crippen LogP contribution in [0.25, 0.3) is 5.69 Å². The Morgan fingerprint density at radius 1 is 0.970 bits per heavy atom. The first kappa shape index (κ1) is 21.2. The van der Waals surface area contributed by atoms with Gasteiger partial charge in [0.1, 0.15) is 5.02 Å². The summed E-state index contributed by atoms with van der Waals surface area (Å²) < 4.78 is 1.28. The maximum Gasteiger partial charge on any atom is 0.292 e. The van der Waals surface area contributed by atoms with Gasteiger partial charge >= 0.3 is 0 Å². The van der Waals surface area contributed by atoms with Crippen LogP contribution in [0, 0.1) is 0 Å². The van der Waals surface area contributed by atoms with E-state index in [4.69, 9.17) is 11.6 Å². The summed E-state index contributed by atoms with van der Waals surface area (Å²) in [5.74, 6) is -0.0413. The lowest BCUT2D eigenvalue weighted by Crippen LogP contribution is -2.49. The predicted octanol–water partition coefficient (Wildman–Crippen LogP) is 2.73. The molecule has 33 heavy (non-hydrogen) atoms. The number of carbonyl (C=O) groups is 2. The van der Waals surface area contributed by atoms with Gasteiger partial charge in [-0.15, -0.1) is 0 Å². The van der Waals surface area contributed by atoms with Crippen LogP contribution in [-0.2, 0) is 11.2 Å². The van der Waals surface area contributed by atoms with Crippen molar-refractivity contribution in [2.45, 2.75) is 12.8 Å². The predicted molar refractivity (Wildman–Crippen MR) is 126 cm³/mol. The molecule has 2 amide bonds. The van der Waals surface area contributed by atoms with Crippen LogP contribution in [0.5, 0.6) is 0 Å². The number of amides is 2. The molecule has 3 heterocycles. The average molecular weight is 464 g/mol. The van der Waals surface area contributed by atoms with Gasteiger partial charge in [0.05, 0.1) is 17.6 Å². The molecular formula is C24H22ClN5O3. The zero-order chi connectivity index (χ0) is 22.9. The number of hydrogen-bond acceptors (Lipinski definition) is 5. The monoisotopic (exact) mass is 463 g/mol. The zero-order valence-corrected chi connectivity index (χ0v) is 18.6. The highest BCUT2D eigenvalue weighted by Crippen LogP contribution is 2.26. The topological polar surface area (TPSA) is 87.5 Å². The lowest BCUT2D eigenvalue weighted by atomic mass is 10.00. The van der Waals surface area contributed by atoms with Gasteiger partial charge in [0.2, 0.25) is 5.91 Å². The highest BCUT2D eigenvalue weighted by atomic mass is 35.5. The SMILES string of the molecule is O=C1CCc2cc(C(=O)N3CCN(c4cnn(-c5ccccc5)c(=O)c4Cl)CC3)ccc2N1. The number of hydrogen-bond donors (Lipinski definition) is 1. The van der Waals surface area contributed by atoms with E-state index in [0.717, 1.165) is 11.3 Å². The average Bonchev–Trinajstić information content (AvgIpc) is 2.85. The first-order valence-electron chi connectivity index (χ1n) is 10.8. The number of anilines is 2. The van der Waals surface area contributed by atoms with Crippen molar-refractivity contribution in [1.82, 2.24) is 14.7 Å². The molecule has 2 aromatic carbocycles. The third-order valence-electron chi connectivity index (χ3n) is 6.06. The highest BCUT2D eigenvalue weighted by molar-refractivity contribution is 6.33. The Morgan fingerprint density at radius 3 is 2.48 bits per heavy atom. The summed E-state index contributed by atoms with van der Waals surface area (Å²) in [5.41, 5.74) is 3.22. The minimum Gasteiger partial charge on any atom is -0.365 e. The number of nitrogens with one attached hydrogen (secondary N) is 1. The largest absolute Gasteiger partial charge is 0.365 e. The Bertz CT molecular complexity index is 1280. The third kappa shape index (κ3) is 4.09. The molecule has 5 rings (SSSR count). The molecule has 1 fully saturated rings. The second kappa shape index (κ2) is 8.71. The lowest BCUT2D eigenvalue weighted by Gasteiger charge is -2.36. The van der Waals surface area contributed by atoms with Crippen molar-refractivity contribution in [1.29, 1.82) is 0 Å². The van der Waals surface area contributed by atoms with Gasteiger partial charge in [-0.05, 0) is 42.3 Å². The number of aryl methyl sites for hydroxylation is 1. The molecule has 2 aliphatic rings. The van der Waals surface area contributed by atoms with Crippen molar-refractivity contribution < 1.29 is 9.59 Å².